The molecule has 0 aliphatic heterocycles. The maximum Gasteiger partial charge on any atom is 0.239 e. The predicted octanol–water partition coefficient (Wildman–Crippen LogP) is 2.53. The third kappa shape index (κ3) is 6.51. The van der Waals surface area contributed by atoms with E-state index in [9.17, 15) is 9.59 Å². The molecular weight excluding hydrogens is 336 g/mol. The van der Waals surface area contributed by atoms with Crippen molar-refractivity contribution in [2.24, 2.45) is 0 Å². The molecule has 0 atom stereocenters. The number of methoxy groups -OCH3 is 1. The second-order valence-corrected chi connectivity index (χ2v) is 6.47. The number of thioether (sulfide) groups is 1. The molecule has 0 saturated heterocycles. The number of benzene rings is 2. The van der Waals surface area contributed by atoms with E-state index in [2.05, 4.69) is 10.6 Å². The lowest BCUT2D eigenvalue weighted by Gasteiger charge is -2.08. The summed E-state index contributed by atoms with van der Waals surface area (Å²) in [5, 5.41) is 5.41. The molecule has 0 fully saturated rings. The van der Waals surface area contributed by atoms with Gasteiger partial charge in [0.25, 0.3) is 0 Å². The number of amides is 2. The van der Waals surface area contributed by atoms with E-state index in [-0.39, 0.29) is 24.1 Å². The molecule has 0 spiro atoms. The van der Waals surface area contributed by atoms with Crippen molar-refractivity contribution in [1.82, 2.24) is 10.6 Å². The summed E-state index contributed by atoms with van der Waals surface area (Å²) >= 11 is 1.46. The number of hydrogen-bond donors (Lipinski definition) is 2. The molecule has 2 N–H and O–H groups in total. The van der Waals surface area contributed by atoms with Crippen LogP contribution in [0.1, 0.15) is 11.1 Å². The minimum Gasteiger partial charge on any atom is -0.497 e. The van der Waals surface area contributed by atoms with Crippen LogP contribution in [-0.2, 0) is 16.1 Å². The van der Waals surface area contributed by atoms with Crippen LogP contribution in [0, 0.1) is 6.92 Å². The molecule has 0 radical (unpaired) electrons. The Hall–Kier alpha value is -2.47. The fourth-order valence-corrected chi connectivity index (χ4v) is 2.96. The maximum atomic E-state index is 11.9. The monoisotopic (exact) mass is 358 g/mol. The molecule has 0 unspecified atom stereocenters. The highest BCUT2D eigenvalue weighted by atomic mass is 32.2. The van der Waals surface area contributed by atoms with E-state index in [0.717, 1.165) is 21.8 Å². The smallest absolute Gasteiger partial charge is 0.239 e. The number of aryl methyl sites for hydroxylation is 1. The van der Waals surface area contributed by atoms with Gasteiger partial charge in [-0.3, -0.25) is 9.59 Å². The lowest BCUT2D eigenvalue weighted by molar-refractivity contribution is -0.124. The summed E-state index contributed by atoms with van der Waals surface area (Å²) in [6, 6.07) is 15.3. The van der Waals surface area contributed by atoms with Gasteiger partial charge < -0.3 is 15.4 Å². The number of nitrogens with one attached hydrogen (secondary N) is 2. The fourth-order valence-electron chi connectivity index (χ4n) is 2.10. The van der Waals surface area contributed by atoms with Gasteiger partial charge in [-0.1, -0.05) is 30.3 Å². The zero-order valence-corrected chi connectivity index (χ0v) is 15.2. The zero-order valence-electron chi connectivity index (χ0n) is 14.4. The molecule has 6 heteroatoms. The van der Waals surface area contributed by atoms with Crippen LogP contribution < -0.4 is 15.4 Å². The minimum atomic E-state index is -0.218. The van der Waals surface area contributed by atoms with Crippen LogP contribution in [0.25, 0.3) is 0 Å². The van der Waals surface area contributed by atoms with Crippen molar-refractivity contribution in [3.63, 3.8) is 0 Å². The number of hydrogen-bond acceptors (Lipinski definition) is 4. The topological polar surface area (TPSA) is 67.4 Å². The SMILES string of the molecule is COc1ccc(CNC(=O)CNC(=O)CSc2ccccc2C)cc1. The molecule has 0 aliphatic rings. The van der Waals surface area contributed by atoms with E-state index in [1.807, 2.05) is 55.5 Å². The summed E-state index contributed by atoms with van der Waals surface area (Å²) in [6.45, 7) is 2.40. The summed E-state index contributed by atoms with van der Waals surface area (Å²) in [7, 11) is 1.61. The Morgan fingerprint density at radius 1 is 1.00 bits per heavy atom. The van der Waals surface area contributed by atoms with Crippen LogP contribution in [0.5, 0.6) is 5.75 Å². The summed E-state index contributed by atoms with van der Waals surface area (Å²) in [4.78, 5) is 24.7. The summed E-state index contributed by atoms with van der Waals surface area (Å²) in [5.41, 5.74) is 2.10. The molecule has 2 rings (SSSR count). The molecule has 2 amide bonds. The summed E-state index contributed by atoms with van der Waals surface area (Å²) < 4.78 is 5.09. The number of rotatable bonds is 8. The summed E-state index contributed by atoms with van der Waals surface area (Å²) in [5.74, 6) is 0.683. The first-order chi connectivity index (χ1) is 12.1. The first kappa shape index (κ1) is 18.9. The largest absolute Gasteiger partial charge is 0.497 e. The van der Waals surface area contributed by atoms with Crippen molar-refractivity contribution in [2.75, 3.05) is 19.4 Å². The van der Waals surface area contributed by atoms with E-state index in [1.165, 1.54) is 11.8 Å². The van der Waals surface area contributed by atoms with Crippen LogP contribution in [0.4, 0.5) is 0 Å². The molecule has 132 valence electrons. The Bertz CT molecular complexity index is 717. The molecule has 0 saturated carbocycles. The normalized spacial score (nSPS) is 10.2. The first-order valence-corrected chi connectivity index (χ1v) is 8.92. The number of carbonyl (C=O) groups excluding carboxylic acids is 2. The van der Waals surface area contributed by atoms with Gasteiger partial charge in [0, 0.05) is 11.4 Å². The van der Waals surface area contributed by atoms with Gasteiger partial charge in [0.15, 0.2) is 0 Å². The van der Waals surface area contributed by atoms with E-state index in [4.69, 9.17) is 4.74 Å². The van der Waals surface area contributed by atoms with Crippen LogP contribution in [0.2, 0.25) is 0 Å². The van der Waals surface area contributed by atoms with Gasteiger partial charge >= 0.3 is 0 Å². The van der Waals surface area contributed by atoms with E-state index in [1.54, 1.807) is 7.11 Å². The van der Waals surface area contributed by atoms with Gasteiger partial charge in [-0.05, 0) is 36.2 Å². The van der Waals surface area contributed by atoms with Gasteiger partial charge in [0.2, 0.25) is 11.8 Å². The standard InChI is InChI=1S/C19H22N2O3S/c1-14-5-3-4-6-17(14)25-13-19(23)21-12-18(22)20-11-15-7-9-16(24-2)10-8-15/h3-10H,11-13H2,1-2H3,(H,20,22)(H,21,23). The minimum absolute atomic E-state index is 0.0245. The van der Waals surface area contributed by atoms with Gasteiger partial charge in [-0.2, -0.15) is 0 Å². The molecule has 25 heavy (non-hydrogen) atoms. The van der Waals surface area contributed by atoms with Crippen LogP contribution >= 0.6 is 11.8 Å². The van der Waals surface area contributed by atoms with Gasteiger partial charge in [-0.15, -0.1) is 11.8 Å². The van der Waals surface area contributed by atoms with Crippen molar-refractivity contribution in [3.8, 4) is 5.75 Å². The Kier molecular flexibility index (Phi) is 7.35. The molecular formula is C19H22N2O3S. The molecule has 0 bridgehead atoms. The highest BCUT2D eigenvalue weighted by molar-refractivity contribution is 8.00. The average molecular weight is 358 g/mol. The molecule has 2 aromatic rings. The molecule has 0 heterocycles. The lowest BCUT2D eigenvalue weighted by Crippen LogP contribution is -2.37. The van der Waals surface area contributed by atoms with Crippen LogP contribution in [0.15, 0.2) is 53.4 Å². The van der Waals surface area contributed by atoms with Crippen molar-refractivity contribution in [1.29, 1.82) is 0 Å². The van der Waals surface area contributed by atoms with Gasteiger partial charge in [0.05, 0.1) is 19.4 Å². The molecule has 0 aliphatic carbocycles. The average Bonchev–Trinajstić information content (AvgIpc) is 2.64. The van der Waals surface area contributed by atoms with Crippen LogP contribution in [-0.4, -0.2) is 31.2 Å². The molecule has 5 nitrogen and oxygen atoms in total. The van der Waals surface area contributed by atoms with Gasteiger partial charge in [0.1, 0.15) is 5.75 Å². The highest BCUT2D eigenvalue weighted by Gasteiger charge is 2.07. The Morgan fingerprint density at radius 3 is 2.40 bits per heavy atom. The fraction of sp³-hybridized carbons (Fsp3) is 0.263. The Labute approximate surface area is 152 Å². The van der Waals surface area contributed by atoms with Crippen LogP contribution in [0.3, 0.4) is 0 Å². The predicted molar refractivity (Wildman–Crippen MR) is 99.8 cm³/mol. The highest BCUT2D eigenvalue weighted by Crippen LogP contribution is 2.21. The van der Waals surface area contributed by atoms with Gasteiger partial charge in [-0.25, -0.2) is 0 Å². The van der Waals surface area contributed by atoms with Crippen molar-refractivity contribution in [2.45, 2.75) is 18.4 Å². The van der Waals surface area contributed by atoms with E-state index in [0.29, 0.717) is 6.54 Å². The third-order valence-electron chi connectivity index (χ3n) is 3.55. The summed E-state index contributed by atoms with van der Waals surface area (Å²) in [6.07, 6.45) is 0. The third-order valence-corrected chi connectivity index (χ3v) is 4.72. The maximum absolute atomic E-state index is 11.9. The first-order valence-electron chi connectivity index (χ1n) is 7.93. The number of carbonyl (C=O) groups is 2. The zero-order chi connectivity index (χ0) is 18.1. The van der Waals surface area contributed by atoms with E-state index >= 15 is 0 Å². The second-order valence-electron chi connectivity index (χ2n) is 5.46. The number of ether oxygens (including phenoxy) is 1. The Balaban J connectivity index is 1.66. The molecule has 0 aromatic heterocycles. The van der Waals surface area contributed by atoms with Crippen molar-refractivity contribution in [3.05, 3.63) is 59.7 Å². The van der Waals surface area contributed by atoms with E-state index < -0.39 is 0 Å². The quantitative estimate of drug-likeness (QED) is 0.712. The Morgan fingerprint density at radius 2 is 1.72 bits per heavy atom. The second kappa shape index (κ2) is 9.74. The molecule has 2 aromatic carbocycles. The van der Waals surface area contributed by atoms with Crippen molar-refractivity contribution >= 4 is 23.6 Å². The lowest BCUT2D eigenvalue weighted by atomic mass is 10.2. The van der Waals surface area contributed by atoms with Crippen molar-refractivity contribution < 1.29 is 14.3 Å².